The van der Waals surface area contributed by atoms with Crippen molar-refractivity contribution >= 4 is 5.82 Å². The summed E-state index contributed by atoms with van der Waals surface area (Å²) in [6.07, 6.45) is 0. The van der Waals surface area contributed by atoms with Crippen LogP contribution in [0, 0.1) is 13.8 Å². The van der Waals surface area contributed by atoms with E-state index >= 15 is 0 Å². The molecular weight excluding hydrogens is 236 g/mol. The van der Waals surface area contributed by atoms with Crippen LogP contribution < -0.4 is 10.6 Å². The minimum Gasteiger partial charge on any atom is -0.351 e. The highest BCUT2D eigenvalue weighted by Gasteiger charge is 2.09. The molecule has 2 rings (SSSR count). The molecule has 0 spiro atoms. The van der Waals surface area contributed by atoms with E-state index in [1.54, 1.807) is 0 Å². The summed E-state index contributed by atoms with van der Waals surface area (Å²) in [5.41, 5.74) is 7.95. The van der Waals surface area contributed by atoms with E-state index in [1.165, 1.54) is 5.56 Å². The topological polar surface area (TPSA) is 55.0 Å². The lowest BCUT2D eigenvalue weighted by Gasteiger charge is -2.23. The van der Waals surface area contributed by atoms with Crippen LogP contribution >= 0.6 is 0 Å². The van der Waals surface area contributed by atoms with Crippen molar-refractivity contribution in [1.29, 1.82) is 0 Å². The minimum absolute atomic E-state index is 0.606. The molecule has 0 atom stereocenters. The van der Waals surface area contributed by atoms with Gasteiger partial charge in [0.25, 0.3) is 0 Å². The molecule has 1 aromatic carbocycles. The van der Waals surface area contributed by atoms with Gasteiger partial charge >= 0.3 is 0 Å². The second-order valence-electron chi connectivity index (χ2n) is 4.61. The molecule has 2 aromatic rings. The van der Waals surface area contributed by atoms with Crippen LogP contribution in [0.3, 0.4) is 0 Å². The molecule has 2 N–H and O–H groups in total. The van der Waals surface area contributed by atoms with E-state index in [9.17, 15) is 0 Å². The van der Waals surface area contributed by atoms with Gasteiger partial charge in [0.05, 0.1) is 0 Å². The zero-order valence-corrected chi connectivity index (χ0v) is 11.5. The Kier molecular flexibility index (Phi) is 4.47. The highest BCUT2D eigenvalue weighted by molar-refractivity contribution is 5.40. The highest BCUT2D eigenvalue weighted by atomic mass is 15.2. The van der Waals surface area contributed by atoms with Crippen molar-refractivity contribution in [2.45, 2.75) is 20.4 Å². The summed E-state index contributed by atoms with van der Waals surface area (Å²) in [6, 6.07) is 12.4. The number of benzene rings is 1. The van der Waals surface area contributed by atoms with Crippen molar-refractivity contribution in [3.8, 4) is 0 Å². The second kappa shape index (κ2) is 6.29. The standard InChI is InChI=1S/C15H20N4/c1-12-10-15(18-13(2)17-12)19(9-8-16)11-14-6-4-3-5-7-14/h3-7,10H,8-9,11,16H2,1-2H3. The Hall–Kier alpha value is -1.94. The average Bonchev–Trinajstić information content (AvgIpc) is 2.38. The Morgan fingerprint density at radius 1 is 1.11 bits per heavy atom. The third kappa shape index (κ3) is 3.76. The number of hydrogen-bond acceptors (Lipinski definition) is 4. The molecule has 0 amide bonds. The Balaban J connectivity index is 2.24. The molecule has 1 heterocycles. The van der Waals surface area contributed by atoms with E-state index in [1.807, 2.05) is 38.1 Å². The molecule has 0 saturated carbocycles. The van der Waals surface area contributed by atoms with Crippen LogP contribution in [-0.2, 0) is 6.54 Å². The normalized spacial score (nSPS) is 10.5. The summed E-state index contributed by atoms with van der Waals surface area (Å²) >= 11 is 0. The first-order chi connectivity index (χ1) is 9.19. The minimum atomic E-state index is 0.606. The first-order valence-corrected chi connectivity index (χ1v) is 6.50. The SMILES string of the molecule is Cc1cc(N(CCN)Cc2ccccc2)nc(C)n1. The van der Waals surface area contributed by atoms with Crippen LogP contribution in [0.1, 0.15) is 17.1 Å². The summed E-state index contributed by atoms with van der Waals surface area (Å²) < 4.78 is 0. The molecule has 100 valence electrons. The monoisotopic (exact) mass is 256 g/mol. The quantitative estimate of drug-likeness (QED) is 0.889. The molecule has 4 heteroatoms. The molecule has 0 aliphatic carbocycles. The molecule has 0 aliphatic heterocycles. The number of nitrogens with two attached hydrogens (primary N) is 1. The third-order valence-corrected chi connectivity index (χ3v) is 2.89. The maximum atomic E-state index is 5.71. The van der Waals surface area contributed by atoms with E-state index < -0.39 is 0 Å². The summed E-state index contributed by atoms with van der Waals surface area (Å²) in [5, 5.41) is 0. The molecule has 0 bridgehead atoms. The maximum absolute atomic E-state index is 5.71. The van der Waals surface area contributed by atoms with Gasteiger partial charge in [-0.15, -0.1) is 0 Å². The van der Waals surface area contributed by atoms with E-state index in [-0.39, 0.29) is 0 Å². The first-order valence-electron chi connectivity index (χ1n) is 6.50. The van der Waals surface area contributed by atoms with E-state index in [0.29, 0.717) is 6.54 Å². The number of anilines is 1. The molecule has 0 saturated heterocycles. The lowest BCUT2D eigenvalue weighted by molar-refractivity contribution is 0.767. The fraction of sp³-hybridized carbons (Fsp3) is 0.333. The molecule has 0 fully saturated rings. The van der Waals surface area contributed by atoms with Crippen molar-refractivity contribution in [2.75, 3.05) is 18.0 Å². The number of rotatable bonds is 5. The number of nitrogens with zero attached hydrogens (tertiary/aromatic N) is 3. The Bertz CT molecular complexity index is 505. The van der Waals surface area contributed by atoms with Crippen molar-refractivity contribution in [2.24, 2.45) is 5.73 Å². The summed E-state index contributed by atoms with van der Waals surface area (Å²) in [5.74, 6) is 1.74. The third-order valence-electron chi connectivity index (χ3n) is 2.89. The number of hydrogen-bond donors (Lipinski definition) is 1. The van der Waals surface area contributed by atoms with Crippen molar-refractivity contribution in [3.05, 3.63) is 53.5 Å². The Morgan fingerprint density at radius 3 is 2.47 bits per heavy atom. The second-order valence-corrected chi connectivity index (χ2v) is 4.61. The predicted molar refractivity (Wildman–Crippen MR) is 78.1 cm³/mol. The fourth-order valence-corrected chi connectivity index (χ4v) is 2.09. The van der Waals surface area contributed by atoms with Gasteiger partial charge in [-0.1, -0.05) is 30.3 Å². The molecule has 0 radical (unpaired) electrons. The molecule has 0 aliphatic rings. The lowest BCUT2D eigenvalue weighted by Crippen LogP contribution is -2.30. The van der Waals surface area contributed by atoms with Gasteiger partial charge in [-0.05, 0) is 19.4 Å². The molecule has 4 nitrogen and oxygen atoms in total. The van der Waals surface area contributed by atoms with Crippen molar-refractivity contribution in [3.63, 3.8) is 0 Å². The van der Waals surface area contributed by atoms with Gasteiger partial charge in [-0.2, -0.15) is 0 Å². The number of aromatic nitrogens is 2. The van der Waals surface area contributed by atoms with E-state index in [0.717, 1.165) is 30.4 Å². The van der Waals surface area contributed by atoms with Gasteiger partial charge in [-0.25, -0.2) is 9.97 Å². The van der Waals surface area contributed by atoms with Crippen LogP contribution in [0.4, 0.5) is 5.82 Å². The average molecular weight is 256 g/mol. The van der Waals surface area contributed by atoms with Crippen molar-refractivity contribution < 1.29 is 0 Å². The maximum Gasteiger partial charge on any atom is 0.132 e. The van der Waals surface area contributed by atoms with E-state index in [2.05, 4.69) is 27.0 Å². The number of aryl methyl sites for hydroxylation is 2. The van der Waals surface area contributed by atoms with E-state index in [4.69, 9.17) is 5.73 Å². The van der Waals surface area contributed by atoms with Gasteiger partial charge in [0.1, 0.15) is 11.6 Å². The summed E-state index contributed by atoms with van der Waals surface area (Å²) in [7, 11) is 0. The van der Waals surface area contributed by atoms with Crippen LogP contribution in [-0.4, -0.2) is 23.1 Å². The molecular formula is C15H20N4. The van der Waals surface area contributed by atoms with Crippen LogP contribution in [0.25, 0.3) is 0 Å². The predicted octanol–water partition coefficient (Wildman–Crippen LogP) is 2.06. The van der Waals surface area contributed by atoms with Gasteiger partial charge in [0.2, 0.25) is 0 Å². The summed E-state index contributed by atoms with van der Waals surface area (Å²) in [4.78, 5) is 11.0. The smallest absolute Gasteiger partial charge is 0.132 e. The van der Waals surface area contributed by atoms with Crippen LogP contribution in [0.15, 0.2) is 36.4 Å². The highest BCUT2D eigenvalue weighted by Crippen LogP contribution is 2.15. The van der Waals surface area contributed by atoms with Crippen LogP contribution in [0.5, 0.6) is 0 Å². The largest absolute Gasteiger partial charge is 0.351 e. The molecule has 0 unspecified atom stereocenters. The molecule has 1 aromatic heterocycles. The fourth-order valence-electron chi connectivity index (χ4n) is 2.09. The van der Waals surface area contributed by atoms with Gasteiger partial charge in [0.15, 0.2) is 0 Å². The lowest BCUT2D eigenvalue weighted by atomic mass is 10.2. The summed E-state index contributed by atoms with van der Waals surface area (Å²) in [6.45, 7) is 6.11. The first kappa shape index (κ1) is 13.5. The zero-order chi connectivity index (χ0) is 13.7. The molecule has 19 heavy (non-hydrogen) atoms. The Morgan fingerprint density at radius 2 is 1.84 bits per heavy atom. The van der Waals surface area contributed by atoms with Gasteiger partial charge in [-0.3, -0.25) is 0 Å². The zero-order valence-electron chi connectivity index (χ0n) is 11.5. The van der Waals surface area contributed by atoms with Gasteiger partial charge < -0.3 is 10.6 Å². The Labute approximate surface area is 114 Å². The van der Waals surface area contributed by atoms with Gasteiger partial charge in [0, 0.05) is 31.4 Å². The van der Waals surface area contributed by atoms with Crippen molar-refractivity contribution in [1.82, 2.24) is 9.97 Å². The van der Waals surface area contributed by atoms with Crippen LogP contribution in [0.2, 0.25) is 0 Å².